The number of carbonyl (C=O) groups excluding carboxylic acids is 1. The summed E-state index contributed by atoms with van der Waals surface area (Å²) >= 11 is 5.64. The van der Waals surface area contributed by atoms with E-state index in [1.54, 1.807) is 0 Å². The van der Waals surface area contributed by atoms with Gasteiger partial charge in [0.2, 0.25) is 0 Å². The number of aromatic nitrogens is 2. The summed E-state index contributed by atoms with van der Waals surface area (Å²) in [6.07, 6.45) is 4.66. The first-order valence-electron chi connectivity index (χ1n) is 6.07. The number of benzene rings is 1. The summed E-state index contributed by atoms with van der Waals surface area (Å²) in [5.74, 6) is -0.285. The molecule has 0 aliphatic carbocycles. The Kier molecular flexibility index (Phi) is 4.47. The van der Waals surface area contributed by atoms with Crippen LogP contribution in [0.25, 0.3) is 0 Å². The summed E-state index contributed by atoms with van der Waals surface area (Å²) in [7, 11) is 0. The lowest BCUT2D eigenvalue weighted by molar-refractivity contribution is 0.102. The Hall–Kier alpha value is -1.94. The molecule has 0 atom stereocenters. The molecule has 98 valence electrons. The Balaban J connectivity index is 2.16. The van der Waals surface area contributed by atoms with E-state index in [2.05, 4.69) is 22.2 Å². The first-order valence-corrected chi connectivity index (χ1v) is 6.45. The summed E-state index contributed by atoms with van der Waals surface area (Å²) in [5, 5.41) is 3.11. The predicted molar refractivity (Wildman–Crippen MR) is 75.4 cm³/mol. The van der Waals surface area contributed by atoms with Gasteiger partial charge in [0, 0.05) is 5.69 Å². The summed E-state index contributed by atoms with van der Waals surface area (Å²) in [5.41, 5.74) is 2.17. The smallest absolute Gasteiger partial charge is 0.275 e. The number of halogens is 1. The van der Waals surface area contributed by atoms with Crippen LogP contribution in [0.15, 0.2) is 36.7 Å². The van der Waals surface area contributed by atoms with Crippen LogP contribution in [0, 0.1) is 0 Å². The van der Waals surface area contributed by atoms with Crippen LogP contribution < -0.4 is 5.32 Å². The zero-order valence-corrected chi connectivity index (χ0v) is 11.3. The largest absolute Gasteiger partial charge is 0.320 e. The third-order valence-corrected chi connectivity index (χ3v) is 2.83. The molecule has 5 heteroatoms. The minimum absolute atomic E-state index is 0.246. The Morgan fingerprint density at radius 2 is 2.05 bits per heavy atom. The van der Waals surface area contributed by atoms with Crippen LogP contribution in [0.2, 0.25) is 5.15 Å². The normalized spacial score (nSPS) is 10.2. The molecule has 0 aliphatic rings. The quantitative estimate of drug-likeness (QED) is 0.931. The molecule has 0 fully saturated rings. The van der Waals surface area contributed by atoms with Gasteiger partial charge in [0.25, 0.3) is 5.91 Å². The maximum absolute atomic E-state index is 12.0. The van der Waals surface area contributed by atoms with Crippen LogP contribution in [-0.2, 0) is 6.42 Å². The average molecular weight is 276 g/mol. The first-order chi connectivity index (χ1) is 9.20. The van der Waals surface area contributed by atoms with Crippen LogP contribution in [0.4, 0.5) is 5.69 Å². The lowest BCUT2D eigenvalue weighted by Crippen LogP contribution is -2.15. The topological polar surface area (TPSA) is 54.9 Å². The molecule has 1 amide bonds. The minimum atomic E-state index is -0.285. The Morgan fingerprint density at radius 3 is 2.74 bits per heavy atom. The standard InChI is InChI=1S/C14H14ClN3O/c1-2-5-10-6-3-4-7-11(10)18-14(19)12-8-17-13(15)9-16-12/h3-4,6-9H,2,5H2,1H3,(H,18,19). The lowest BCUT2D eigenvalue weighted by atomic mass is 10.1. The fourth-order valence-corrected chi connectivity index (χ4v) is 1.84. The van der Waals surface area contributed by atoms with Gasteiger partial charge in [-0.3, -0.25) is 4.79 Å². The number of aryl methyl sites for hydroxylation is 1. The molecule has 2 aromatic rings. The highest BCUT2D eigenvalue weighted by atomic mass is 35.5. The number of amides is 1. The maximum Gasteiger partial charge on any atom is 0.275 e. The number of hydrogen-bond acceptors (Lipinski definition) is 3. The maximum atomic E-state index is 12.0. The Bertz CT molecular complexity index is 569. The van der Waals surface area contributed by atoms with Gasteiger partial charge in [-0.1, -0.05) is 43.1 Å². The Labute approximate surface area is 116 Å². The highest BCUT2D eigenvalue weighted by Gasteiger charge is 2.10. The number of anilines is 1. The molecule has 1 N–H and O–H groups in total. The van der Waals surface area contributed by atoms with E-state index in [4.69, 9.17) is 11.6 Å². The van der Waals surface area contributed by atoms with Gasteiger partial charge in [-0.25, -0.2) is 9.97 Å². The van der Waals surface area contributed by atoms with Crippen molar-refractivity contribution in [2.75, 3.05) is 5.32 Å². The third kappa shape index (κ3) is 3.51. The van der Waals surface area contributed by atoms with Gasteiger partial charge in [0.15, 0.2) is 0 Å². The molecule has 1 heterocycles. The number of carbonyl (C=O) groups is 1. The second-order valence-corrected chi connectivity index (χ2v) is 4.47. The fraction of sp³-hybridized carbons (Fsp3) is 0.214. The second kappa shape index (κ2) is 6.29. The van der Waals surface area contributed by atoms with Crippen molar-refractivity contribution >= 4 is 23.2 Å². The molecule has 1 aromatic heterocycles. The van der Waals surface area contributed by atoms with Crippen molar-refractivity contribution in [3.05, 3.63) is 53.1 Å². The monoisotopic (exact) mass is 275 g/mol. The van der Waals surface area contributed by atoms with Crippen molar-refractivity contribution in [2.24, 2.45) is 0 Å². The van der Waals surface area contributed by atoms with Gasteiger partial charge in [0.1, 0.15) is 10.8 Å². The van der Waals surface area contributed by atoms with Crippen molar-refractivity contribution in [1.29, 1.82) is 0 Å². The van der Waals surface area contributed by atoms with Gasteiger partial charge in [0.05, 0.1) is 12.4 Å². The van der Waals surface area contributed by atoms with E-state index >= 15 is 0 Å². The van der Waals surface area contributed by atoms with Crippen molar-refractivity contribution in [2.45, 2.75) is 19.8 Å². The molecule has 0 unspecified atom stereocenters. The van der Waals surface area contributed by atoms with Crippen LogP contribution in [0.5, 0.6) is 0 Å². The van der Waals surface area contributed by atoms with Gasteiger partial charge in [-0.15, -0.1) is 0 Å². The van der Waals surface area contributed by atoms with E-state index in [9.17, 15) is 4.79 Å². The molecule has 0 spiro atoms. The van der Waals surface area contributed by atoms with Gasteiger partial charge in [-0.2, -0.15) is 0 Å². The Morgan fingerprint density at radius 1 is 1.26 bits per heavy atom. The van der Waals surface area contributed by atoms with E-state index in [-0.39, 0.29) is 16.8 Å². The zero-order valence-electron chi connectivity index (χ0n) is 10.6. The molecule has 0 aliphatic heterocycles. The minimum Gasteiger partial charge on any atom is -0.320 e. The first kappa shape index (κ1) is 13.5. The van der Waals surface area contributed by atoms with Crippen molar-refractivity contribution in [3.8, 4) is 0 Å². The number of rotatable bonds is 4. The van der Waals surface area contributed by atoms with Crippen molar-refractivity contribution < 1.29 is 4.79 Å². The van der Waals surface area contributed by atoms with Crippen LogP contribution >= 0.6 is 11.6 Å². The van der Waals surface area contributed by atoms with E-state index in [1.165, 1.54) is 12.4 Å². The molecule has 0 bridgehead atoms. The fourth-order valence-electron chi connectivity index (χ4n) is 1.75. The lowest BCUT2D eigenvalue weighted by Gasteiger charge is -2.09. The molecular weight excluding hydrogens is 262 g/mol. The van der Waals surface area contributed by atoms with Crippen molar-refractivity contribution in [3.63, 3.8) is 0 Å². The van der Waals surface area contributed by atoms with Crippen LogP contribution in [0.1, 0.15) is 29.4 Å². The van der Waals surface area contributed by atoms with Crippen LogP contribution in [0.3, 0.4) is 0 Å². The van der Waals surface area contributed by atoms with E-state index in [0.717, 1.165) is 24.1 Å². The number of hydrogen-bond donors (Lipinski definition) is 1. The molecular formula is C14H14ClN3O. The summed E-state index contributed by atoms with van der Waals surface area (Å²) in [4.78, 5) is 19.8. The third-order valence-electron chi connectivity index (χ3n) is 2.64. The molecule has 4 nitrogen and oxygen atoms in total. The molecule has 19 heavy (non-hydrogen) atoms. The summed E-state index contributed by atoms with van der Waals surface area (Å²) in [6, 6.07) is 7.74. The highest BCUT2D eigenvalue weighted by molar-refractivity contribution is 6.29. The second-order valence-electron chi connectivity index (χ2n) is 4.09. The molecule has 1 aromatic carbocycles. The number of para-hydroxylation sites is 1. The molecule has 2 rings (SSSR count). The number of nitrogens with one attached hydrogen (secondary N) is 1. The highest BCUT2D eigenvalue weighted by Crippen LogP contribution is 2.17. The number of nitrogens with zero attached hydrogens (tertiary/aromatic N) is 2. The van der Waals surface area contributed by atoms with Crippen molar-refractivity contribution in [1.82, 2.24) is 9.97 Å². The van der Waals surface area contributed by atoms with Gasteiger partial charge < -0.3 is 5.32 Å². The summed E-state index contributed by atoms with van der Waals surface area (Å²) < 4.78 is 0. The van der Waals surface area contributed by atoms with E-state index in [0.29, 0.717) is 0 Å². The SMILES string of the molecule is CCCc1ccccc1NC(=O)c1cnc(Cl)cn1. The molecule has 0 saturated carbocycles. The molecule has 0 radical (unpaired) electrons. The molecule has 0 saturated heterocycles. The van der Waals surface area contributed by atoms with E-state index < -0.39 is 0 Å². The predicted octanol–water partition coefficient (Wildman–Crippen LogP) is 3.33. The van der Waals surface area contributed by atoms with Crippen LogP contribution in [-0.4, -0.2) is 15.9 Å². The van der Waals surface area contributed by atoms with Gasteiger partial charge in [-0.05, 0) is 18.1 Å². The summed E-state index contributed by atoms with van der Waals surface area (Å²) in [6.45, 7) is 2.10. The van der Waals surface area contributed by atoms with Gasteiger partial charge >= 0.3 is 0 Å². The average Bonchev–Trinajstić information content (AvgIpc) is 2.42. The van der Waals surface area contributed by atoms with E-state index in [1.807, 2.05) is 24.3 Å². The zero-order chi connectivity index (χ0) is 13.7.